The minimum Gasteiger partial charge on any atom is -0.481 e. The summed E-state index contributed by atoms with van der Waals surface area (Å²) in [4.78, 5) is 34.7. The Hall–Kier alpha value is -2.63. The van der Waals surface area contributed by atoms with Crippen LogP contribution in [0.25, 0.3) is 0 Å². The average Bonchev–Trinajstić information content (AvgIpc) is 2.65. The van der Waals surface area contributed by atoms with Gasteiger partial charge in [0, 0.05) is 12.3 Å². The van der Waals surface area contributed by atoms with Gasteiger partial charge in [-0.3, -0.25) is 9.36 Å². The quantitative estimate of drug-likeness (QED) is 0.532. The highest BCUT2D eigenvalue weighted by Gasteiger charge is 2.34. The van der Waals surface area contributed by atoms with Gasteiger partial charge in [-0.1, -0.05) is 60.7 Å². The van der Waals surface area contributed by atoms with Crippen molar-refractivity contribution >= 4 is 19.4 Å². The molecule has 3 N–H and O–H groups in total. The van der Waals surface area contributed by atoms with Crippen LogP contribution >= 0.6 is 7.37 Å². The van der Waals surface area contributed by atoms with Gasteiger partial charge in [0.1, 0.15) is 5.60 Å². The molecule has 7 nitrogen and oxygen atoms in total. The van der Waals surface area contributed by atoms with Crippen LogP contribution in [0.5, 0.6) is 0 Å². The van der Waals surface area contributed by atoms with Crippen molar-refractivity contribution in [1.82, 2.24) is 5.32 Å². The summed E-state index contributed by atoms with van der Waals surface area (Å²) in [6, 6.07) is 16.3. The number of nitrogens with one attached hydrogen (secondary N) is 1. The number of alkyl carbamates (subject to hydrolysis) is 1. The van der Waals surface area contributed by atoms with Crippen LogP contribution in [0.2, 0.25) is 0 Å². The zero-order valence-electron chi connectivity index (χ0n) is 17.3. The molecule has 0 saturated heterocycles. The number of rotatable bonds is 8. The first kappa shape index (κ1) is 23.6. The highest BCUT2D eigenvalue weighted by Crippen LogP contribution is 2.47. The third kappa shape index (κ3) is 7.65. The molecule has 2 aromatic carbocycles. The van der Waals surface area contributed by atoms with Gasteiger partial charge in [-0.15, -0.1) is 0 Å². The highest BCUT2D eigenvalue weighted by atomic mass is 31.2. The van der Waals surface area contributed by atoms with Crippen molar-refractivity contribution in [3.8, 4) is 0 Å². The lowest BCUT2D eigenvalue weighted by Gasteiger charge is -2.26. The van der Waals surface area contributed by atoms with Gasteiger partial charge in [0.15, 0.2) is 0 Å². The number of carbonyl (C=O) groups excluding carboxylic acids is 1. The Morgan fingerprint density at radius 1 is 0.967 bits per heavy atom. The van der Waals surface area contributed by atoms with Gasteiger partial charge in [0.25, 0.3) is 0 Å². The van der Waals surface area contributed by atoms with Gasteiger partial charge in [-0.25, -0.2) is 4.79 Å². The van der Waals surface area contributed by atoms with Crippen molar-refractivity contribution in [2.75, 3.05) is 12.3 Å². The standard InChI is InChI=1S/C22H28NO6P/c1-22(2,3)29-21(26)23-19(17-12-8-5-9-13-17)15-30(27,28)14-18(20(24)25)16-10-6-4-7-11-16/h4-13,18-19H,14-15H2,1-3H3,(H,23,26)(H,24,25)(H,27,28). The largest absolute Gasteiger partial charge is 0.481 e. The molecule has 1 amide bonds. The molecule has 3 atom stereocenters. The monoisotopic (exact) mass is 433 g/mol. The topological polar surface area (TPSA) is 113 Å². The molecule has 0 saturated carbocycles. The fraction of sp³-hybridized carbons (Fsp3) is 0.364. The second-order valence-electron chi connectivity index (χ2n) is 8.12. The molecule has 0 aliphatic heterocycles. The third-order valence-corrected chi connectivity index (χ3v) is 6.20. The summed E-state index contributed by atoms with van der Waals surface area (Å²) in [5, 5.41) is 12.2. The number of hydrogen-bond donors (Lipinski definition) is 3. The minimum atomic E-state index is -3.95. The summed E-state index contributed by atoms with van der Waals surface area (Å²) in [6.07, 6.45) is -1.47. The van der Waals surface area contributed by atoms with E-state index in [0.717, 1.165) is 0 Å². The van der Waals surface area contributed by atoms with E-state index in [1.165, 1.54) is 0 Å². The summed E-state index contributed by atoms with van der Waals surface area (Å²) < 4.78 is 18.3. The van der Waals surface area contributed by atoms with Crippen LogP contribution in [0.4, 0.5) is 4.79 Å². The van der Waals surface area contributed by atoms with Crippen molar-refractivity contribution in [1.29, 1.82) is 0 Å². The number of aliphatic carboxylic acids is 1. The van der Waals surface area contributed by atoms with E-state index in [4.69, 9.17) is 4.74 Å². The zero-order chi connectivity index (χ0) is 22.4. The Labute approximate surface area is 176 Å². The van der Waals surface area contributed by atoms with Gasteiger partial charge in [0.2, 0.25) is 7.37 Å². The normalized spacial score (nSPS) is 15.5. The first-order valence-electron chi connectivity index (χ1n) is 9.60. The van der Waals surface area contributed by atoms with Crippen LogP contribution in [-0.2, 0) is 14.1 Å². The molecule has 0 aromatic heterocycles. The molecule has 0 fully saturated rings. The van der Waals surface area contributed by atoms with E-state index in [1.807, 2.05) is 0 Å². The lowest BCUT2D eigenvalue weighted by molar-refractivity contribution is -0.138. The second-order valence-corrected chi connectivity index (χ2v) is 10.5. The lowest BCUT2D eigenvalue weighted by Crippen LogP contribution is -2.36. The lowest BCUT2D eigenvalue weighted by atomic mass is 10.0. The Morgan fingerprint density at radius 2 is 1.47 bits per heavy atom. The molecular formula is C22H28NO6P. The van der Waals surface area contributed by atoms with Gasteiger partial charge in [-0.2, -0.15) is 0 Å². The Morgan fingerprint density at radius 3 is 1.93 bits per heavy atom. The molecule has 3 unspecified atom stereocenters. The zero-order valence-corrected chi connectivity index (χ0v) is 18.2. The second kappa shape index (κ2) is 9.92. The Balaban J connectivity index is 2.23. The molecule has 2 aromatic rings. The molecule has 0 spiro atoms. The molecule has 0 radical (unpaired) electrons. The fourth-order valence-electron chi connectivity index (χ4n) is 3.03. The summed E-state index contributed by atoms with van der Waals surface area (Å²) >= 11 is 0. The maximum absolute atomic E-state index is 13.1. The SMILES string of the molecule is CC(C)(C)OC(=O)NC(CP(=O)(O)CC(C(=O)O)c1ccccc1)c1ccccc1. The molecule has 0 bridgehead atoms. The maximum Gasteiger partial charge on any atom is 0.408 e. The maximum atomic E-state index is 13.1. The summed E-state index contributed by atoms with van der Waals surface area (Å²) in [5.74, 6) is -2.30. The molecule has 0 aliphatic rings. The van der Waals surface area contributed by atoms with Crippen LogP contribution in [-0.4, -0.2) is 40.0 Å². The molecule has 0 heterocycles. The van der Waals surface area contributed by atoms with E-state index in [2.05, 4.69) is 5.32 Å². The smallest absolute Gasteiger partial charge is 0.408 e. The summed E-state index contributed by atoms with van der Waals surface area (Å²) in [6.45, 7) is 5.16. The van der Waals surface area contributed by atoms with Crippen molar-refractivity contribution < 1.29 is 28.9 Å². The van der Waals surface area contributed by atoms with Crippen molar-refractivity contribution in [3.05, 3.63) is 71.8 Å². The van der Waals surface area contributed by atoms with E-state index in [0.29, 0.717) is 11.1 Å². The van der Waals surface area contributed by atoms with Crippen molar-refractivity contribution in [3.63, 3.8) is 0 Å². The minimum absolute atomic E-state index is 0.313. The first-order valence-corrected chi connectivity index (χ1v) is 11.6. The van der Waals surface area contributed by atoms with Gasteiger partial charge in [0.05, 0.1) is 12.0 Å². The molecule has 30 heavy (non-hydrogen) atoms. The number of amides is 1. The highest BCUT2D eigenvalue weighted by molar-refractivity contribution is 7.58. The molecule has 0 aliphatic carbocycles. The molecule has 162 valence electrons. The van der Waals surface area contributed by atoms with E-state index < -0.39 is 43.2 Å². The van der Waals surface area contributed by atoms with Gasteiger partial charge in [-0.05, 0) is 31.9 Å². The number of carboxylic acids is 1. The predicted molar refractivity (Wildman–Crippen MR) is 115 cm³/mol. The fourth-order valence-corrected chi connectivity index (χ4v) is 4.99. The Bertz CT molecular complexity index is 895. The van der Waals surface area contributed by atoms with E-state index >= 15 is 0 Å². The van der Waals surface area contributed by atoms with E-state index in [9.17, 15) is 24.2 Å². The van der Waals surface area contributed by atoms with Gasteiger partial charge >= 0.3 is 12.1 Å². The van der Waals surface area contributed by atoms with E-state index in [-0.39, 0.29) is 6.16 Å². The van der Waals surface area contributed by atoms with Crippen molar-refractivity contribution in [2.24, 2.45) is 0 Å². The summed E-state index contributed by atoms with van der Waals surface area (Å²) in [5.41, 5.74) is 0.357. The molecule has 2 rings (SSSR count). The predicted octanol–water partition coefficient (Wildman–Crippen LogP) is 4.39. The number of hydrogen-bond acceptors (Lipinski definition) is 4. The Kier molecular flexibility index (Phi) is 7.82. The number of carbonyl (C=O) groups is 2. The number of benzene rings is 2. The van der Waals surface area contributed by atoms with Crippen LogP contribution in [0.15, 0.2) is 60.7 Å². The third-order valence-electron chi connectivity index (χ3n) is 4.33. The molecular weight excluding hydrogens is 405 g/mol. The van der Waals surface area contributed by atoms with Crippen LogP contribution in [0.1, 0.15) is 43.9 Å². The number of ether oxygens (including phenoxy) is 1. The van der Waals surface area contributed by atoms with Crippen molar-refractivity contribution in [2.45, 2.75) is 38.3 Å². The van der Waals surface area contributed by atoms with Crippen LogP contribution < -0.4 is 5.32 Å². The summed E-state index contributed by atoms with van der Waals surface area (Å²) in [7, 11) is -3.95. The van der Waals surface area contributed by atoms with Crippen LogP contribution in [0.3, 0.4) is 0 Å². The first-order chi connectivity index (χ1) is 14.0. The number of carboxylic acid groups (broad SMARTS) is 1. The van der Waals surface area contributed by atoms with Gasteiger partial charge < -0.3 is 20.1 Å². The van der Waals surface area contributed by atoms with Crippen LogP contribution in [0, 0.1) is 0 Å². The average molecular weight is 433 g/mol. The van der Waals surface area contributed by atoms with E-state index in [1.54, 1.807) is 81.4 Å². The molecule has 8 heteroatoms.